The van der Waals surface area contributed by atoms with Crippen LogP contribution in [0.4, 0.5) is 10.1 Å². The van der Waals surface area contributed by atoms with Crippen molar-refractivity contribution in [1.29, 1.82) is 0 Å². The molecule has 0 spiro atoms. The van der Waals surface area contributed by atoms with Gasteiger partial charge >= 0.3 is 5.97 Å². The number of methoxy groups -OCH3 is 1. The maximum Gasteiger partial charge on any atom is 0.309 e. The average Bonchev–Trinajstić information content (AvgIpc) is 3.41. The molecule has 1 fully saturated rings. The van der Waals surface area contributed by atoms with Crippen LogP contribution in [0.15, 0.2) is 65.7 Å². The molecule has 3 unspecified atom stereocenters. The molecule has 42 heavy (non-hydrogen) atoms. The van der Waals surface area contributed by atoms with E-state index in [1.54, 1.807) is 12.1 Å². The van der Waals surface area contributed by atoms with Gasteiger partial charge in [-0.15, -0.1) is 0 Å². The molecule has 0 radical (unpaired) electrons. The van der Waals surface area contributed by atoms with Gasteiger partial charge in [0.25, 0.3) is 0 Å². The van der Waals surface area contributed by atoms with Crippen molar-refractivity contribution in [3.8, 4) is 5.75 Å². The monoisotopic (exact) mass is 598 g/mol. The van der Waals surface area contributed by atoms with Crippen LogP contribution < -0.4 is 15.8 Å². The molecule has 222 valence electrons. The van der Waals surface area contributed by atoms with Crippen molar-refractivity contribution in [3.63, 3.8) is 0 Å². The number of pyridine rings is 1. The van der Waals surface area contributed by atoms with E-state index >= 15 is 0 Å². The van der Waals surface area contributed by atoms with E-state index in [9.17, 15) is 32.3 Å². The first-order valence-electron chi connectivity index (χ1n) is 13.1. The molecule has 2 heterocycles. The zero-order chi connectivity index (χ0) is 30.8. The summed E-state index contributed by atoms with van der Waals surface area (Å²) in [6.07, 6.45) is 1.39. The second-order valence-electron chi connectivity index (χ2n) is 10.1. The SMILES string of the molecule is COc1cc(C(Nc2cccc(C(N)=O)c2)C(=O)N2CCC(C(=O)O)C2c2ncccc2S(=O)(=O)C(C)C)ccc1F. The van der Waals surface area contributed by atoms with Gasteiger partial charge in [-0.3, -0.25) is 19.4 Å². The summed E-state index contributed by atoms with van der Waals surface area (Å²) in [6.45, 7) is 2.98. The number of carbonyl (C=O) groups excluding carboxylic acids is 2. The maximum absolute atomic E-state index is 14.4. The van der Waals surface area contributed by atoms with E-state index in [0.717, 1.165) is 6.07 Å². The number of likely N-dealkylation sites (tertiary alicyclic amines) is 1. The fourth-order valence-electron chi connectivity index (χ4n) is 4.99. The van der Waals surface area contributed by atoms with E-state index in [4.69, 9.17) is 10.5 Å². The molecule has 11 nitrogen and oxygen atoms in total. The van der Waals surface area contributed by atoms with Gasteiger partial charge in [0.2, 0.25) is 11.8 Å². The van der Waals surface area contributed by atoms with Crippen molar-refractivity contribution in [1.82, 2.24) is 9.88 Å². The Morgan fingerprint density at radius 1 is 1.14 bits per heavy atom. The number of ether oxygens (including phenoxy) is 1. The summed E-state index contributed by atoms with van der Waals surface area (Å²) in [5.74, 6) is -4.47. The van der Waals surface area contributed by atoms with Gasteiger partial charge in [0.1, 0.15) is 6.04 Å². The number of nitrogens with two attached hydrogens (primary N) is 1. The molecule has 2 aromatic carbocycles. The van der Waals surface area contributed by atoms with E-state index in [1.807, 2.05) is 0 Å². The zero-order valence-electron chi connectivity index (χ0n) is 23.2. The number of carboxylic acid groups (broad SMARTS) is 1. The van der Waals surface area contributed by atoms with Crippen LogP contribution >= 0.6 is 0 Å². The first kappa shape index (κ1) is 30.4. The van der Waals surface area contributed by atoms with Crippen LogP contribution in [0, 0.1) is 11.7 Å². The van der Waals surface area contributed by atoms with Crippen LogP contribution in [0.3, 0.4) is 0 Å². The highest BCUT2D eigenvalue weighted by Crippen LogP contribution is 2.42. The van der Waals surface area contributed by atoms with Crippen molar-refractivity contribution < 1.29 is 37.0 Å². The van der Waals surface area contributed by atoms with E-state index in [1.165, 1.54) is 68.5 Å². The minimum Gasteiger partial charge on any atom is -0.494 e. The Labute approximate surface area is 242 Å². The highest BCUT2D eigenvalue weighted by atomic mass is 32.2. The molecule has 1 aliphatic rings. The Bertz CT molecular complexity index is 1630. The Hall–Kier alpha value is -4.52. The van der Waals surface area contributed by atoms with Gasteiger partial charge in [-0.2, -0.15) is 0 Å². The number of sulfone groups is 1. The fraction of sp³-hybridized carbons (Fsp3) is 0.310. The minimum absolute atomic E-state index is 0.0178. The van der Waals surface area contributed by atoms with E-state index in [-0.39, 0.29) is 40.4 Å². The summed E-state index contributed by atoms with van der Waals surface area (Å²) < 4.78 is 46.0. The summed E-state index contributed by atoms with van der Waals surface area (Å²) in [7, 11) is -2.63. The minimum atomic E-state index is -3.90. The number of benzene rings is 2. The molecule has 2 amide bonds. The number of aromatic nitrogens is 1. The third kappa shape index (κ3) is 5.91. The lowest BCUT2D eigenvalue weighted by Gasteiger charge is -2.32. The summed E-state index contributed by atoms with van der Waals surface area (Å²) in [5, 5.41) is 12.3. The first-order chi connectivity index (χ1) is 19.9. The van der Waals surface area contributed by atoms with Crippen LogP contribution in [0.1, 0.15) is 54.0 Å². The van der Waals surface area contributed by atoms with Crippen LogP contribution in [-0.2, 0) is 19.4 Å². The number of anilines is 1. The molecule has 1 aromatic heterocycles. The molecule has 1 aliphatic heterocycles. The summed E-state index contributed by atoms with van der Waals surface area (Å²) >= 11 is 0. The smallest absolute Gasteiger partial charge is 0.309 e. The molecule has 0 bridgehead atoms. The number of carboxylic acids is 1. The highest BCUT2D eigenvalue weighted by molar-refractivity contribution is 7.92. The topological polar surface area (TPSA) is 169 Å². The predicted molar refractivity (Wildman–Crippen MR) is 151 cm³/mol. The van der Waals surface area contributed by atoms with E-state index < -0.39 is 56.7 Å². The Kier molecular flexibility index (Phi) is 8.81. The third-order valence-corrected chi connectivity index (χ3v) is 9.42. The fourth-order valence-corrected chi connectivity index (χ4v) is 6.24. The number of rotatable bonds is 10. The molecular weight excluding hydrogens is 567 g/mol. The van der Waals surface area contributed by atoms with Gasteiger partial charge in [0.05, 0.1) is 34.9 Å². The molecule has 13 heteroatoms. The molecule has 1 saturated heterocycles. The van der Waals surface area contributed by atoms with Gasteiger partial charge in [-0.1, -0.05) is 12.1 Å². The molecule has 4 N–H and O–H groups in total. The van der Waals surface area contributed by atoms with Crippen molar-refractivity contribution in [2.24, 2.45) is 11.7 Å². The molecular formula is C29H31FN4O7S. The van der Waals surface area contributed by atoms with Gasteiger partial charge in [0.15, 0.2) is 21.4 Å². The number of nitrogens with one attached hydrogen (secondary N) is 1. The summed E-state index contributed by atoms with van der Waals surface area (Å²) in [4.78, 5) is 43.9. The number of hydrogen-bond acceptors (Lipinski definition) is 8. The normalized spacial score (nSPS) is 17.6. The molecule has 0 aliphatic carbocycles. The summed E-state index contributed by atoms with van der Waals surface area (Å²) in [6, 6.07) is 10.3. The lowest BCUT2D eigenvalue weighted by Crippen LogP contribution is -2.40. The van der Waals surface area contributed by atoms with Crippen LogP contribution in [0.25, 0.3) is 0 Å². The molecule has 3 atom stereocenters. The quantitative estimate of drug-likeness (QED) is 0.317. The van der Waals surface area contributed by atoms with E-state index in [0.29, 0.717) is 5.69 Å². The lowest BCUT2D eigenvalue weighted by molar-refractivity contribution is -0.143. The number of halogens is 1. The maximum atomic E-state index is 14.4. The number of aliphatic carboxylic acids is 1. The lowest BCUT2D eigenvalue weighted by atomic mass is 9.96. The Morgan fingerprint density at radius 3 is 2.52 bits per heavy atom. The standard InChI is InChI=1S/C29H31FN4O7S/c1-16(2)42(39,40)23-8-5-12-32-25(23)26-20(29(37)38)11-13-34(26)28(36)24(17-9-10-21(30)22(15-17)41-3)33-19-7-4-6-18(14-19)27(31)35/h4-10,12,14-16,20,24,26,33H,11,13H2,1-3H3,(H2,31,35)(H,37,38). The van der Waals surface area contributed by atoms with E-state index in [2.05, 4.69) is 10.3 Å². The molecule has 4 rings (SSSR count). The third-order valence-electron chi connectivity index (χ3n) is 7.22. The average molecular weight is 599 g/mol. The van der Waals surface area contributed by atoms with Crippen molar-refractivity contribution in [2.45, 2.75) is 42.5 Å². The largest absolute Gasteiger partial charge is 0.494 e. The van der Waals surface area contributed by atoms with Gasteiger partial charge in [-0.05, 0) is 68.3 Å². The molecule has 3 aromatic rings. The van der Waals surface area contributed by atoms with Crippen LogP contribution in [0.2, 0.25) is 0 Å². The Balaban J connectivity index is 1.85. The zero-order valence-corrected chi connectivity index (χ0v) is 24.0. The second-order valence-corrected chi connectivity index (χ2v) is 12.6. The first-order valence-corrected chi connectivity index (χ1v) is 14.6. The van der Waals surface area contributed by atoms with Crippen LogP contribution in [-0.4, -0.2) is 60.1 Å². The van der Waals surface area contributed by atoms with Crippen molar-refractivity contribution >= 4 is 33.3 Å². The number of primary amides is 1. The van der Waals surface area contributed by atoms with Crippen LogP contribution in [0.5, 0.6) is 5.75 Å². The van der Waals surface area contributed by atoms with Crippen molar-refractivity contribution in [3.05, 3.63) is 83.4 Å². The number of carbonyl (C=O) groups is 3. The highest BCUT2D eigenvalue weighted by Gasteiger charge is 2.47. The second kappa shape index (κ2) is 12.1. The summed E-state index contributed by atoms with van der Waals surface area (Å²) in [5.41, 5.74) is 6.16. The number of nitrogens with zero attached hydrogens (tertiary/aromatic N) is 2. The number of amides is 2. The predicted octanol–water partition coefficient (Wildman–Crippen LogP) is 3.34. The van der Waals surface area contributed by atoms with Crippen molar-refractivity contribution in [2.75, 3.05) is 19.0 Å². The Morgan fingerprint density at radius 2 is 1.88 bits per heavy atom. The van der Waals surface area contributed by atoms with Gasteiger partial charge in [-0.25, -0.2) is 12.8 Å². The number of hydrogen-bond donors (Lipinski definition) is 3. The van der Waals surface area contributed by atoms with Gasteiger partial charge in [0, 0.05) is 24.0 Å². The van der Waals surface area contributed by atoms with Gasteiger partial charge < -0.3 is 25.8 Å². The molecule has 0 saturated carbocycles.